The third kappa shape index (κ3) is 4.48. The smallest absolute Gasteiger partial charge is 0.252 e. The van der Waals surface area contributed by atoms with E-state index in [2.05, 4.69) is 35.8 Å². The summed E-state index contributed by atoms with van der Waals surface area (Å²) in [5, 5.41) is 9.66. The van der Waals surface area contributed by atoms with Gasteiger partial charge >= 0.3 is 0 Å². The zero-order chi connectivity index (χ0) is 17.6. The Morgan fingerprint density at radius 3 is 2.88 bits per heavy atom. The van der Waals surface area contributed by atoms with E-state index in [1.807, 2.05) is 11.4 Å². The molecule has 2 amide bonds. The second kappa shape index (κ2) is 8.30. The van der Waals surface area contributed by atoms with Crippen molar-refractivity contribution in [1.82, 2.24) is 10.6 Å². The van der Waals surface area contributed by atoms with Crippen LogP contribution in [-0.2, 0) is 11.2 Å². The van der Waals surface area contributed by atoms with E-state index in [-0.39, 0.29) is 17.9 Å². The van der Waals surface area contributed by atoms with Crippen LogP contribution in [0.3, 0.4) is 0 Å². The fourth-order valence-corrected chi connectivity index (χ4v) is 4.04. The van der Waals surface area contributed by atoms with Gasteiger partial charge < -0.3 is 10.6 Å². The number of carbonyl (C=O) groups excluding carboxylic acids is 2. The van der Waals surface area contributed by atoms with Crippen LogP contribution in [-0.4, -0.2) is 18.4 Å². The van der Waals surface area contributed by atoms with Crippen molar-refractivity contribution in [2.24, 2.45) is 5.92 Å². The van der Waals surface area contributed by atoms with E-state index in [4.69, 9.17) is 0 Å². The van der Waals surface area contributed by atoms with Crippen LogP contribution >= 0.6 is 11.3 Å². The summed E-state index contributed by atoms with van der Waals surface area (Å²) in [6.45, 7) is 2.55. The highest BCUT2D eigenvalue weighted by Crippen LogP contribution is 2.32. The molecule has 4 nitrogen and oxygen atoms in total. The van der Waals surface area contributed by atoms with Gasteiger partial charge in [-0.05, 0) is 47.8 Å². The molecule has 25 heavy (non-hydrogen) atoms. The maximum Gasteiger partial charge on any atom is 0.252 e. The topological polar surface area (TPSA) is 58.2 Å². The third-order valence-electron chi connectivity index (χ3n) is 4.80. The Morgan fingerprint density at radius 2 is 2.08 bits per heavy atom. The van der Waals surface area contributed by atoms with Gasteiger partial charge in [0.05, 0.1) is 6.04 Å². The van der Waals surface area contributed by atoms with Crippen molar-refractivity contribution in [3.05, 3.63) is 57.8 Å². The molecule has 0 bridgehead atoms. The molecule has 2 aromatic rings. The molecule has 3 rings (SSSR count). The van der Waals surface area contributed by atoms with E-state index < -0.39 is 0 Å². The highest BCUT2D eigenvalue weighted by molar-refractivity contribution is 7.08. The summed E-state index contributed by atoms with van der Waals surface area (Å²) in [7, 11) is 0. The number of amides is 2. The Hall–Kier alpha value is -2.14. The van der Waals surface area contributed by atoms with Crippen molar-refractivity contribution in [2.45, 2.75) is 38.6 Å². The Balaban J connectivity index is 1.56. The average molecular weight is 356 g/mol. The molecule has 1 heterocycles. The number of rotatable bonds is 5. The summed E-state index contributed by atoms with van der Waals surface area (Å²) in [6.07, 6.45) is 3.63. The Morgan fingerprint density at radius 1 is 1.24 bits per heavy atom. The van der Waals surface area contributed by atoms with Crippen LogP contribution in [0.5, 0.6) is 0 Å². The molecule has 2 unspecified atom stereocenters. The first-order chi connectivity index (χ1) is 12.1. The maximum absolute atomic E-state index is 12.4. The summed E-state index contributed by atoms with van der Waals surface area (Å²) < 4.78 is 0. The van der Waals surface area contributed by atoms with E-state index in [1.165, 1.54) is 22.5 Å². The van der Waals surface area contributed by atoms with Crippen LogP contribution in [0, 0.1) is 5.92 Å². The van der Waals surface area contributed by atoms with Gasteiger partial charge in [-0.15, -0.1) is 0 Å². The molecule has 1 aliphatic carbocycles. The SMILES string of the molecule is CC1CCCc2ccccc2C1NC(=O)CCNC(=O)c1ccsc1. The van der Waals surface area contributed by atoms with Gasteiger partial charge in [-0.3, -0.25) is 9.59 Å². The van der Waals surface area contributed by atoms with Gasteiger partial charge in [-0.2, -0.15) is 11.3 Å². The molecule has 0 fully saturated rings. The fraction of sp³-hybridized carbons (Fsp3) is 0.400. The molecule has 1 aromatic carbocycles. The van der Waals surface area contributed by atoms with Gasteiger partial charge in [0.15, 0.2) is 0 Å². The Bertz CT molecular complexity index is 727. The number of fused-ring (bicyclic) bond motifs is 1. The molecule has 5 heteroatoms. The number of hydrogen-bond donors (Lipinski definition) is 2. The molecule has 0 saturated carbocycles. The standard InChI is InChI=1S/C20H24N2O2S/c1-14-5-4-7-15-6-2-3-8-17(15)19(14)22-18(23)9-11-21-20(24)16-10-12-25-13-16/h2-3,6,8,10,12-14,19H,4-5,7,9,11H2,1H3,(H,21,24)(H,22,23). The predicted octanol–water partition coefficient (Wildman–Crippen LogP) is 3.70. The van der Waals surface area contributed by atoms with Gasteiger partial charge in [0.1, 0.15) is 0 Å². The lowest BCUT2D eigenvalue weighted by atomic mass is 9.92. The van der Waals surface area contributed by atoms with Crippen molar-refractivity contribution < 1.29 is 9.59 Å². The minimum Gasteiger partial charge on any atom is -0.351 e. The third-order valence-corrected chi connectivity index (χ3v) is 5.49. The molecular formula is C20H24N2O2S. The molecule has 0 radical (unpaired) electrons. The van der Waals surface area contributed by atoms with Crippen LogP contribution in [0.4, 0.5) is 0 Å². The molecule has 2 N–H and O–H groups in total. The van der Waals surface area contributed by atoms with E-state index >= 15 is 0 Å². The molecule has 1 aromatic heterocycles. The first kappa shape index (κ1) is 17.7. The lowest BCUT2D eigenvalue weighted by molar-refractivity contribution is -0.122. The van der Waals surface area contributed by atoms with Crippen molar-refractivity contribution in [2.75, 3.05) is 6.54 Å². The molecule has 1 aliphatic rings. The molecule has 0 spiro atoms. The molecule has 2 atom stereocenters. The molecule has 0 aliphatic heterocycles. The maximum atomic E-state index is 12.4. The lowest BCUT2D eigenvalue weighted by Crippen LogP contribution is -2.35. The molecular weight excluding hydrogens is 332 g/mol. The molecule has 132 valence electrons. The van der Waals surface area contributed by atoms with Crippen molar-refractivity contribution in [3.8, 4) is 0 Å². The van der Waals surface area contributed by atoms with Crippen molar-refractivity contribution in [3.63, 3.8) is 0 Å². The Kier molecular flexibility index (Phi) is 5.87. The monoisotopic (exact) mass is 356 g/mol. The van der Waals surface area contributed by atoms with Crippen LogP contribution < -0.4 is 10.6 Å². The second-order valence-corrected chi connectivity index (χ2v) is 7.41. The first-order valence-electron chi connectivity index (χ1n) is 8.82. The van der Waals surface area contributed by atoms with Crippen LogP contribution in [0.25, 0.3) is 0 Å². The van der Waals surface area contributed by atoms with Crippen LogP contribution in [0.15, 0.2) is 41.1 Å². The van der Waals surface area contributed by atoms with Gasteiger partial charge in [0, 0.05) is 23.9 Å². The number of nitrogens with one attached hydrogen (secondary N) is 2. The van der Waals surface area contributed by atoms with Gasteiger partial charge in [0.25, 0.3) is 5.91 Å². The van der Waals surface area contributed by atoms with Crippen LogP contribution in [0.2, 0.25) is 0 Å². The first-order valence-corrected chi connectivity index (χ1v) is 9.77. The number of thiophene rings is 1. The Labute approximate surface area is 152 Å². The zero-order valence-corrected chi connectivity index (χ0v) is 15.3. The number of benzene rings is 1. The largest absolute Gasteiger partial charge is 0.351 e. The highest BCUT2D eigenvalue weighted by atomic mass is 32.1. The van der Waals surface area contributed by atoms with E-state index in [1.54, 1.807) is 11.4 Å². The minimum absolute atomic E-state index is 0.0147. The molecule has 0 saturated heterocycles. The van der Waals surface area contributed by atoms with Gasteiger partial charge in [-0.25, -0.2) is 0 Å². The zero-order valence-electron chi connectivity index (χ0n) is 14.5. The summed E-state index contributed by atoms with van der Waals surface area (Å²) in [5.74, 6) is 0.273. The predicted molar refractivity (Wildman–Crippen MR) is 101 cm³/mol. The number of aryl methyl sites for hydroxylation is 1. The number of hydrogen-bond acceptors (Lipinski definition) is 3. The quantitative estimate of drug-likeness (QED) is 0.803. The van der Waals surface area contributed by atoms with Gasteiger partial charge in [-0.1, -0.05) is 31.2 Å². The summed E-state index contributed by atoms with van der Waals surface area (Å²) in [6, 6.07) is 10.2. The fourth-order valence-electron chi connectivity index (χ4n) is 3.40. The summed E-state index contributed by atoms with van der Waals surface area (Å²) >= 11 is 1.49. The highest BCUT2D eigenvalue weighted by Gasteiger charge is 2.25. The summed E-state index contributed by atoms with van der Waals surface area (Å²) in [4.78, 5) is 24.3. The lowest BCUT2D eigenvalue weighted by Gasteiger charge is -2.25. The minimum atomic E-state index is -0.123. The summed E-state index contributed by atoms with van der Waals surface area (Å²) in [5.41, 5.74) is 3.22. The van der Waals surface area contributed by atoms with Crippen LogP contribution in [0.1, 0.15) is 53.7 Å². The van der Waals surface area contributed by atoms with E-state index in [0.29, 0.717) is 24.4 Å². The average Bonchev–Trinajstić information content (AvgIpc) is 3.10. The van der Waals surface area contributed by atoms with Crippen molar-refractivity contribution >= 4 is 23.2 Å². The van der Waals surface area contributed by atoms with E-state index in [9.17, 15) is 9.59 Å². The van der Waals surface area contributed by atoms with Gasteiger partial charge in [0.2, 0.25) is 5.91 Å². The van der Waals surface area contributed by atoms with Crippen molar-refractivity contribution in [1.29, 1.82) is 0 Å². The normalized spacial score (nSPS) is 19.6. The van der Waals surface area contributed by atoms with E-state index in [0.717, 1.165) is 19.3 Å². The second-order valence-electron chi connectivity index (χ2n) is 6.63. The number of carbonyl (C=O) groups is 2.